The quantitative estimate of drug-likeness (QED) is 0.480. The first-order valence-electron chi connectivity index (χ1n) is 4.07. The maximum absolute atomic E-state index is 8.18. The van der Waals surface area contributed by atoms with Crippen LogP contribution in [-0.4, -0.2) is 4.98 Å². The smallest absolute Gasteiger partial charge is 0.0662 e. The van der Waals surface area contributed by atoms with Crippen LogP contribution in [0.5, 0.6) is 0 Å². The van der Waals surface area contributed by atoms with Crippen molar-refractivity contribution >= 4 is 26.8 Å². The largest absolute Gasteiger partial charge is 0.358 e. The van der Waals surface area contributed by atoms with Crippen LogP contribution < -0.4 is 0 Å². The van der Waals surface area contributed by atoms with Gasteiger partial charge in [0.25, 0.3) is 0 Å². The van der Waals surface area contributed by atoms with Crippen LogP contribution >= 0.6 is 15.9 Å². The Labute approximate surface area is 88.7 Å². The van der Waals surface area contributed by atoms with Crippen molar-refractivity contribution in [2.75, 3.05) is 0 Å². The Morgan fingerprint density at radius 3 is 3.07 bits per heavy atom. The molecule has 0 bridgehead atoms. The maximum atomic E-state index is 8.18. The lowest BCUT2D eigenvalue weighted by molar-refractivity contribution is 1.00. The van der Waals surface area contributed by atoms with Crippen molar-refractivity contribution in [3.05, 3.63) is 44.9 Å². The second-order valence-electron chi connectivity index (χ2n) is 2.92. The van der Waals surface area contributed by atoms with Gasteiger partial charge in [-0.2, -0.15) is 0 Å². The van der Waals surface area contributed by atoms with Gasteiger partial charge in [-0.15, -0.1) is 0 Å². The summed E-state index contributed by atoms with van der Waals surface area (Å²) in [7, 11) is 0. The van der Waals surface area contributed by atoms with Gasteiger partial charge >= 0.3 is 0 Å². The van der Waals surface area contributed by atoms with Crippen molar-refractivity contribution in [2.45, 2.75) is 6.54 Å². The average Bonchev–Trinajstić information content (AvgIpc) is 2.56. The van der Waals surface area contributed by atoms with Crippen LogP contribution in [0.4, 0.5) is 0 Å². The van der Waals surface area contributed by atoms with Crippen LogP contribution in [0.2, 0.25) is 0 Å². The Morgan fingerprint density at radius 2 is 2.29 bits per heavy atom. The second kappa shape index (κ2) is 3.74. The van der Waals surface area contributed by atoms with E-state index < -0.39 is 0 Å². The number of aromatic amines is 1. The number of fused-ring (bicyclic) bond motifs is 1. The zero-order chi connectivity index (χ0) is 9.97. The molecule has 5 heteroatoms. The number of nitrogens with one attached hydrogen (secondary N) is 1. The molecule has 0 amide bonds. The maximum Gasteiger partial charge on any atom is 0.0662 e. The third-order valence-corrected chi connectivity index (χ3v) is 2.44. The summed E-state index contributed by atoms with van der Waals surface area (Å²) in [5, 5.41) is 4.61. The van der Waals surface area contributed by atoms with Crippen LogP contribution in [-0.2, 0) is 6.54 Å². The Kier molecular flexibility index (Phi) is 2.43. The first kappa shape index (κ1) is 9.12. The van der Waals surface area contributed by atoms with Gasteiger partial charge in [0.1, 0.15) is 0 Å². The number of nitrogens with zero attached hydrogens (tertiary/aromatic N) is 3. The number of hydrogen-bond donors (Lipinski definition) is 1. The summed E-state index contributed by atoms with van der Waals surface area (Å²) in [6, 6.07) is 7.95. The summed E-state index contributed by atoms with van der Waals surface area (Å²) in [5.74, 6) is 0. The molecule has 0 saturated carbocycles. The molecular weight excluding hydrogens is 244 g/mol. The lowest BCUT2D eigenvalue weighted by Gasteiger charge is -1.89. The molecule has 2 aromatic rings. The summed E-state index contributed by atoms with van der Waals surface area (Å²) in [5.41, 5.74) is 10.2. The molecule has 14 heavy (non-hydrogen) atoms. The van der Waals surface area contributed by atoms with E-state index in [-0.39, 0.29) is 0 Å². The van der Waals surface area contributed by atoms with E-state index in [1.807, 2.05) is 24.3 Å². The molecular formula is C9H7BrN4. The lowest BCUT2D eigenvalue weighted by Crippen LogP contribution is -1.76. The predicted molar refractivity (Wildman–Crippen MR) is 58.8 cm³/mol. The molecule has 1 aromatic carbocycles. The highest BCUT2D eigenvalue weighted by atomic mass is 79.9. The van der Waals surface area contributed by atoms with Gasteiger partial charge in [-0.1, -0.05) is 21.0 Å². The summed E-state index contributed by atoms with van der Waals surface area (Å²) in [6.45, 7) is 0.364. The first-order chi connectivity index (χ1) is 6.79. The summed E-state index contributed by atoms with van der Waals surface area (Å²) < 4.78 is 1.04. The third kappa shape index (κ3) is 1.73. The Balaban J connectivity index is 2.45. The van der Waals surface area contributed by atoms with E-state index in [1.54, 1.807) is 0 Å². The van der Waals surface area contributed by atoms with E-state index in [1.165, 1.54) is 0 Å². The monoisotopic (exact) mass is 250 g/mol. The number of H-pyrrole nitrogens is 1. The lowest BCUT2D eigenvalue weighted by atomic mass is 10.2. The van der Waals surface area contributed by atoms with Gasteiger partial charge in [0.2, 0.25) is 0 Å². The van der Waals surface area contributed by atoms with Crippen LogP contribution in [0.25, 0.3) is 21.3 Å². The number of hydrogen-bond acceptors (Lipinski definition) is 1. The highest BCUT2D eigenvalue weighted by Gasteiger charge is 1.99. The fourth-order valence-electron chi connectivity index (χ4n) is 1.36. The van der Waals surface area contributed by atoms with Crippen molar-refractivity contribution in [2.24, 2.45) is 5.11 Å². The van der Waals surface area contributed by atoms with Crippen LogP contribution in [0.3, 0.4) is 0 Å². The van der Waals surface area contributed by atoms with E-state index in [0.717, 1.165) is 21.1 Å². The van der Waals surface area contributed by atoms with E-state index in [9.17, 15) is 0 Å². The average molecular weight is 251 g/mol. The molecule has 0 aliphatic carbocycles. The fourth-order valence-corrected chi connectivity index (χ4v) is 1.74. The highest BCUT2D eigenvalue weighted by molar-refractivity contribution is 9.10. The van der Waals surface area contributed by atoms with Gasteiger partial charge in [-0.05, 0) is 29.8 Å². The normalized spacial score (nSPS) is 10.1. The minimum Gasteiger partial charge on any atom is -0.358 e. The molecule has 0 atom stereocenters. The zero-order valence-electron chi connectivity index (χ0n) is 7.24. The molecule has 1 heterocycles. The topological polar surface area (TPSA) is 64.6 Å². The number of rotatable bonds is 2. The molecule has 0 saturated heterocycles. The van der Waals surface area contributed by atoms with Crippen molar-refractivity contribution in [1.82, 2.24) is 4.98 Å². The first-order valence-corrected chi connectivity index (χ1v) is 4.87. The number of benzene rings is 1. The van der Waals surface area contributed by atoms with Crippen LogP contribution in [0.15, 0.2) is 33.9 Å². The Morgan fingerprint density at radius 1 is 1.43 bits per heavy atom. The van der Waals surface area contributed by atoms with E-state index in [2.05, 4.69) is 30.9 Å². The molecule has 0 aliphatic heterocycles. The van der Waals surface area contributed by atoms with Gasteiger partial charge in [-0.3, -0.25) is 0 Å². The molecule has 1 N–H and O–H groups in total. The van der Waals surface area contributed by atoms with Gasteiger partial charge in [0.05, 0.1) is 6.54 Å². The van der Waals surface area contributed by atoms with Crippen LogP contribution in [0, 0.1) is 0 Å². The van der Waals surface area contributed by atoms with E-state index >= 15 is 0 Å². The Hall–Kier alpha value is -1.45. The number of aromatic nitrogens is 1. The molecule has 2 rings (SSSR count). The van der Waals surface area contributed by atoms with E-state index in [0.29, 0.717) is 6.54 Å². The van der Waals surface area contributed by atoms with Crippen molar-refractivity contribution in [3.8, 4) is 0 Å². The molecule has 1 aromatic heterocycles. The summed E-state index contributed by atoms with van der Waals surface area (Å²) >= 11 is 3.40. The van der Waals surface area contributed by atoms with Gasteiger partial charge in [-0.25, -0.2) is 0 Å². The fraction of sp³-hybridized carbons (Fsp3) is 0.111. The molecule has 0 radical (unpaired) electrons. The number of azide groups is 1. The summed E-state index contributed by atoms with van der Waals surface area (Å²) in [4.78, 5) is 5.89. The molecule has 70 valence electrons. The molecule has 4 nitrogen and oxygen atoms in total. The van der Waals surface area contributed by atoms with Crippen molar-refractivity contribution < 1.29 is 0 Å². The summed E-state index contributed by atoms with van der Waals surface area (Å²) in [6.07, 6.45) is 0. The van der Waals surface area contributed by atoms with Crippen molar-refractivity contribution in [1.29, 1.82) is 0 Å². The molecule has 0 aliphatic rings. The molecule has 0 unspecified atom stereocenters. The van der Waals surface area contributed by atoms with Gasteiger partial charge < -0.3 is 4.98 Å². The highest BCUT2D eigenvalue weighted by Crippen LogP contribution is 2.20. The number of halogens is 1. The third-order valence-electron chi connectivity index (χ3n) is 1.94. The van der Waals surface area contributed by atoms with Gasteiger partial charge in [0, 0.05) is 26.0 Å². The minimum absolute atomic E-state index is 0.364. The Bertz CT molecular complexity index is 511. The molecule has 0 fully saturated rings. The predicted octanol–water partition coefficient (Wildman–Crippen LogP) is 3.74. The van der Waals surface area contributed by atoms with Crippen LogP contribution in [0.1, 0.15) is 5.69 Å². The molecule has 0 spiro atoms. The standard InChI is InChI=1S/C9H7BrN4/c10-7-1-2-9-6(3-7)4-8(13-9)5-12-14-11/h1-4,13H,5H2. The SMILES string of the molecule is [N-]=[N+]=NCc1cc2cc(Br)ccc2[nH]1. The van der Waals surface area contributed by atoms with Crippen molar-refractivity contribution in [3.63, 3.8) is 0 Å². The van der Waals surface area contributed by atoms with E-state index in [4.69, 9.17) is 5.53 Å². The zero-order valence-corrected chi connectivity index (χ0v) is 8.82. The minimum atomic E-state index is 0.364. The van der Waals surface area contributed by atoms with Gasteiger partial charge in [0.15, 0.2) is 0 Å². The second-order valence-corrected chi connectivity index (χ2v) is 3.83.